The molecule has 1 aliphatic heterocycles. The molecule has 4 amide bonds. The number of amides is 4. The number of nitrogens with one attached hydrogen (secondary N) is 2. The number of rotatable bonds is 8. The minimum Gasteiger partial charge on any atom is -0.489 e. The molecule has 1 aliphatic rings. The largest absolute Gasteiger partial charge is 0.489 e. The molecule has 168 valence electrons. The molecule has 32 heavy (non-hydrogen) atoms. The maximum Gasteiger partial charge on any atom is 0.325 e. The van der Waals surface area contributed by atoms with E-state index in [1.165, 1.54) is 0 Å². The number of anilines is 1. The van der Waals surface area contributed by atoms with Crippen molar-refractivity contribution in [3.63, 3.8) is 0 Å². The molecule has 0 radical (unpaired) electrons. The van der Waals surface area contributed by atoms with E-state index < -0.39 is 23.4 Å². The summed E-state index contributed by atoms with van der Waals surface area (Å²) in [6, 6.07) is 13.8. The number of benzene rings is 2. The zero-order valence-electron chi connectivity index (χ0n) is 18.9. The number of hydrogen-bond donors (Lipinski definition) is 2. The van der Waals surface area contributed by atoms with E-state index in [0.717, 1.165) is 16.0 Å². The monoisotopic (exact) mass is 435 g/mol. The third kappa shape index (κ3) is 4.82. The molecule has 1 unspecified atom stereocenters. The van der Waals surface area contributed by atoms with Gasteiger partial charge in [-0.25, -0.2) is 4.79 Å². The Morgan fingerprint density at radius 1 is 1.16 bits per heavy atom. The highest BCUT2D eigenvalue weighted by Gasteiger charge is 2.49. The van der Waals surface area contributed by atoms with Gasteiger partial charge in [-0.1, -0.05) is 50.8 Å². The van der Waals surface area contributed by atoms with Crippen LogP contribution >= 0.6 is 0 Å². The van der Waals surface area contributed by atoms with Crippen LogP contribution in [0.1, 0.15) is 44.7 Å². The summed E-state index contributed by atoms with van der Waals surface area (Å²) in [5.74, 6) is -0.0641. The Balaban J connectivity index is 1.71. The van der Waals surface area contributed by atoms with Crippen LogP contribution in [0.25, 0.3) is 0 Å². The Bertz CT molecular complexity index is 1050. The quantitative estimate of drug-likeness (QED) is 0.481. The first-order chi connectivity index (χ1) is 15.1. The van der Waals surface area contributed by atoms with Crippen LogP contribution < -0.4 is 15.4 Å². The average molecular weight is 436 g/mol. The lowest BCUT2D eigenvalue weighted by molar-refractivity contribution is -0.133. The summed E-state index contributed by atoms with van der Waals surface area (Å²) in [4.78, 5) is 39.3. The highest BCUT2D eigenvalue weighted by atomic mass is 16.5. The zero-order chi connectivity index (χ0) is 23.5. The number of ether oxygens (including phenoxy) is 1. The molecule has 0 aliphatic carbocycles. The van der Waals surface area contributed by atoms with Crippen molar-refractivity contribution in [2.75, 3.05) is 18.5 Å². The van der Waals surface area contributed by atoms with Gasteiger partial charge in [-0.15, -0.1) is 0 Å². The summed E-state index contributed by atoms with van der Waals surface area (Å²) in [5, 5.41) is 5.54. The third-order valence-electron chi connectivity index (χ3n) is 5.35. The number of hydrogen-bond acceptors (Lipinski definition) is 4. The predicted octanol–water partition coefficient (Wildman–Crippen LogP) is 4.17. The second-order valence-corrected chi connectivity index (χ2v) is 8.51. The van der Waals surface area contributed by atoms with Crippen molar-refractivity contribution in [3.05, 3.63) is 71.8 Å². The molecule has 0 saturated carbocycles. The summed E-state index contributed by atoms with van der Waals surface area (Å²) in [5.41, 5.74) is 1.89. The lowest BCUT2D eigenvalue weighted by Crippen LogP contribution is -2.42. The van der Waals surface area contributed by atoms with Gasteiger partial charge in [0.2, 0.25) is 5.91 Å². The number of carbonyl (C=O) groups is 3. The number of carbonyl (C=O) groups excluding carboxylic acids is 3. The first-order valence-corrected chi connectivity index (χ1v) is 10.5. The van der Waals surface area contributed by atoms with Crippen LogP contribution in [0, 0.1) is 0 Å². The van der Waals surface area contributed by atoms with Gasteiger partial charge in [-0.05, 0) is 54.7 Å². The predicted molar refractivity (Wildman–Crippen MR) is 124 cm³/mol. The maximum atomic E-state index is 13.1. The minimum atomic E-state index is -1.26. The Labute approximate surface area is 188 Å². The van der Waals surface area contributed by atoms with Gasteiger partial charge < -0.3 is 15.4 Å². The molecule has 3 rings (SSSR count). The van der Waals surface area contributed by atoms with Gasteiger partial charge in [0.1, 0.15) is 24.4 Å². The fourth-order valence-corrected chi connectivity index (χ4v) is 3.57. The third-order valence-corrected chi connectivity index (χ3v) is 5.35. The summed E-state index contributed by atoms with van der Waals surface area (Å²) in [7, 11) is 0. The van der Waals surface area contributed by atoms with Crippen LogP contribution in [0.4, 0.5) is 10.5 Å². The summed E-state index contributed by atoms with van der Waals surface area (Å²) < 4.78 is 5.59. The van der Waals surface area contributed by atoms with Crippen molar-refractivity contribution in [1.29, 1.82) is 0 Å². The van der Waals surface area contributed by atoms with Crippen LogP contribution in [0.5, 0.6) is 5.75 Å². The van der Waals surface area contributed by atoms with Gasteiger partial charge in [0, 0.05) is 5.69 Å². The molecule has 7 nitrogen and oxygen atoms in total. The number of nitrogens with zero attached hydrogens (tertiary/aromatic N) is 1. The molecule has 2 aromatic rings. The Morgan fingerprint density at radius 3 is 2.44 bits per heavy atom. The number of imide groups is 1. The van der Waals surface area contributed by atoms with E-state index in [9.17, 15) is 14.4 Å². The Morgan fingerprint density at radius 2 is 1.81 bits per heavy atom. The van der Waals surface area contributed by atoms with Crippen molar-refractivity contribution in [1.82, 2.24) is 10.2 Å². The van der Waals surface area contributed by atoms with E-state index in [4.69, 9.17) is 4.74 Å². The molecule has 2 aromatic carbocycles. The number of urea groups is 1. The zero-order valence-corrected chi connectivity index (χ0v) is 18.9. The molecule has 2 N–H and O–H groups in total. The second kappa shape index (κ2) is 9.26. The highest BCUT2D eigenvalue weighted by molar-refractivity contribution is 6.10. The topological polar surface area (TPSA) is 87.7 Å². The Kier molecular flexibility index (Phi) is 6.67. The van der Waals surface area contributed by atoms with E-state index >= 15 is 0 Å². The summed E-state index contributed by atoms with van der Waals surface area (Å²) in [6.45, 7) is 11.4. The lowest BCUT2D eigenvalue weighted by Gasteiger charge is -2.22. The molecule has 0 bridgehead atoms. The van der Waals surface area contributed by atoms with Crippen LogP contribution in [0.15, 0.2) is 60.7 Å². The number of para-hydroxylation sites is 1. The molecule has 1 atom stereocenters. The molecule has 1 fully saturated rings. The van der Waals surface area contributed by atoms with Crippen LogP contribution in [-0.2, 0) is 15.1 Å². The van der Waals surface area contributed by atoms with Crippen LogP contribution in [-0.4, -0.2) is 35.9 Å². The molecular formula is C25H29N3O4. The van der Waals surface area contributed by atoms with Crippen molar-refractivity contribution in [3.8, 4) is 5.75 Å². The van der Waals surface area contributed by atoms with Crippen molar-refractivity contribution in [2.24, 2.45) is 0 Å². The fraction of sp³-hybridized carbons (Fsp3) is 0.320. The van der Waals surface area contributed by atoms with Crippen molar-refractivity contribution >= 4 is 23.5 Å². The summed E-state index contributed by atoms with van der Waals surface area (Å²) in [6.07, 6.45) is 0. The van der Waals surface area contributed by atoms with Gasteiger partial charge in [0.15, 0.2) is 0 Å². The maximum absolute atomic E-state index is 13.1. The van der Waals surface area contributed by atoms with E-state index in [0.29, 0.717) is 23.6 Å². The summed E-state index contributed by atoms with van der Waals surface area (Å²) >= 11 is 0. The van der Waals surface area contributed by atoms with Crippen molar-refractivity contribution in [2.45, 2.75) is 39.2 Å². The van der Waals surface area contributed by atoms with Crippen molar-refractivity contribution < 1.29 is 19.1 Å². The minimum absolute atomic E-state index is 0.217. The van der Waals surface area contributed by atoms with Gasteiger partial charge in [0.25, 0.3) is 5.91 Å². The molecule has 1 saturated heterocycles. The molecular weight excluding hydrogens is 406 g/mol. The fourth-order valence-electron chi connectivity index (χ4n) is 3.57. The normalized spacial score (nSPS) is 18.0. The first kappa shape index (κ1) is 23.1. The van der Waals surface area contributed by atoms with Gasteiger partial charge in [0.05, 0.1) is 0 Å². The molecule has 1 heterocycles. The van der Waals surface area contributed by atoms with E-state index in [1.807, 2.05) is 39.0 Å². The van der Waals surface area contributed by atoms with E-state index in [2.05, 4.69) is 17.2 Å². The van der Waals surface area contributed by atoms with E-state index in [-0.39, 0.29) is 12.5 Å². The van der Waals surface area contributed by atoms with E-state index in [1.54, 1.807) is 37.3 Å². The van der Waals surface area contributed by atoms with Gasteiger partial charge >= 0.3 is 6.03 Å². The second-order valence-electron chi connectivity index (χ2n) is 8.51. The molecule has 7 heteroatoms. The Hall–Kier alpha value is -3.61. The molecule has 0 aromatic heterocycles. The first-order valence-electron chi connectivity index (χ1n) is 10.5. The lowest BCUT2D eigenvalue weighted by atomic mass is 9.92. The standard InChI is InChI=1S/C25H29N3O4/c1-16(2)15-32-19-12-10-18(11-13-19)25(5)23(30)28(24(31)27-25)14-22(29)26-21-9-7-6-8-20(21)17(3)4/h6-13,17H,1,14-15H2,2-5H3,(H,26,29)(H,27,31). The van der Waals surface area contributed by atoms with Crippen LogP contribution in [0.2, 0.25) is 0 Å². The van der Waals surface area contributed by atoms with Crippen LogP contribution in [0.3, 0.4) is 0 Å². The van der Waals surface area contributed by atoms with Gasteiger partial charge in [-0.3, -0.25) is 14.5 Å². The smallest absolute Gasteiger partial charge is 0.325 e. The highest BCUT2D eigenvalue weighted by Crippen LogP contribution is 2.30. The van der Waals surface area contributed by atoms with Gasteiger partial charge in [-0.2, -0.15) is 0 Å². The SMILES string of the molecule is C=C(C)COc1ccc(C2(C)NC(=O)N(CC(=O)Nc3ccccc3C(C)C)C2=O)cc1. The average Bonchev–Trinajstić information content (AvgIpc) is 2.96. The molecule has 0 spiro atoms.